The van der Waals surface area contributed by atoms with Gasteiger partial charge in [-0.05, 0) is 35.2 Å². The van der Waals surface area contributed by atoms with Gasteiger partial charge >= 0.3 is 0 Å². The summed E-state index contributed by atoms with van der Waals surface area (Å²) < 4.78 is 7.81. The van der Waals surface area contributed by atoms with Gasteiger partial charge in [0.05, 0.1) is 18.2 Å². The number of hydrogen-bond acceptors (Lipinski definition) is 4. The van der Waals surface area contributed by atoms with E-state index < -0.39 is 0 Å². The third-order valence-electron chi connectivity index (χ3n) is 3.00. The van der Waals surface area contributed by atoms with Gasteiger partial charge in [0.25, 0.3) is 0 Å². The maximum atomic E-state index is 6.33. The van der Waals surface area contributed by atoms with Crippen LogP contribution in [0.4, 0.5) is 0 Å². The summed E-state index contributed by atoms with van der Waals surface area (Å²) in [5.74, 6) is 0.660. The highest BCUT2D eigenvalue weighted by Crippen LogP contribution is 2.36. The molecule has 0 fully saturated rings. The Balaban J connectivity index is 1.99. The molecule has 2 nitrogen and oxygen atoms in total. The Morgan fingerprint density at radius 1 is 1.21 bits per heavy atom. The van der Waals surface area contributed by atoms with Crippen molar-refractivity contribution in [1.82, 2.24) is 0 Å². The second kappa shape index (κ2) is 5.13. The summed E-state index contributed by atoms with van der Waals surface area (Å²) >= 11 is 9.51. The number of nitrogens with two attached hydrogens (primary N) is 1. The van der Waals surface area contributed by atoms with Gasteiger partial charge in [-0.1, -0.05) is 17.7 Å². The fourth-order valence-corrected chi connectivity index (χ4v) is 4.32. The van der Waals surface area contributed by atoms with Gasteiger partial charge in [0, 0.05) is 14.3 Å². The minimum absolute atomic E-state index is 0.143. The lowest BCUT2D eigenvalue weighted by Gasteiger charge is -2.12. The third kappa shape index (κ3) is 2.37. The molecule has 0 radical (unpaired) electrons. The highest BCUT2D eigenvalue weighted by atomic mass is 35.5. The first kappa shape index (κ1) is 12.9. The van der Waals surface area contributed by atoms with Crippen molar-refractivity contribution in [3.05, 3.63) is 51.2 Å². The van der Waals surface area contributed by atoms with E-state index in [-0.39, 0.29) is 6.04 Å². The number of rotatable bonds is 3. The molecule has 3 aromatic rings. The summed E-state index contributed by atoms with van der Waals surface area (Å²) in [7, 11) is 1.61. The summed E-state index contributed by atoms with van der Waals surface area (Å²) in [6.07, 6.45) is 0. The maximum absolute atomic E-state index is 6.33. The van der Waals surface area contributed by atoms with Gasteiger partial charge in [-0.25, -0.2) is 0 Å². The number of fused-ring (bicyclic) bond motifs is 1. The molecule has 0 amide bonds. The molecule has 0 aliphatic carbocycles. The number of benzene rings is 1. The predicted octanol–water partition coefficient (Wildman–Crippen LogP) is 4.67. The molecule has 3 rings (SSSR count). The number of hydrogen-bond donors (Lipinski definition) is 1. The van der Waals surface area contributed by atoms with Gasteiger partial charge in [0.1, 0.15) is 5.75 Å². The van der Waals surface area contributed by atoms with E-state index in [4.69, 9.17) is 22.1 Å². The SMILES string of the molecule is COc1cc(C(N)c2cc3sccc3s2)ccc1Cl. The molecule has 2 N–H and O–H groups in total. The van der Waals surface area contributed by atoms with Crippen LogP contribution in [0, 0.1) is 0 Å². The summed E-state index contributed by atoms with van der Waals surface area (Å²) in [5.41, 5.74) is 7.34. The first-order chi connectivity index (χ1) is 9.19. The Morgan fingerprint density at radius 3 is 2.79 bits per heavy atom. The van der Waals surface area contributed by atoms with Crippen molar-refractivity contribution in [2.75, 3.05) is 7.11 Å². The van der Waals surface area contributed by atoms with Crippen molar-refractivity contribution in [3.8, 4) is 5.75 Å². The Morgan fingerprint density at radius 2 is 2.05 bits per heavy atom. The van der Waals surface area contributed by atoms with Crippen molar-refractivity contribution in [1.29, 1.82) is 0 Å². The molecule has 0 saturated carbocycles. The summed E-state index contributed by atoms with van der Waals surface area (Å²) in [6.45, 7) is 0. The number of methoxy groups -OCH3 is 1. The smallest absolute Gasteiger partial charge is 0.137 e. The average molecular weight is 310 g/mol. The van der Waals surface area contributed by atoms with Crippen molar-refractivity contribution < 1.29 is 4.74 Å². The number of halogens is 1. The molecule has 0 saturated heterocycles. The van der Waals surface area contributed by atoms with Crippen LogP contribution in [0.2, 0.25) is 5.02 Å². The zero-order valence-electron chi connectivity index (χ0n) is 10.2. The van der Waals surface area contributed by atoms with Gasteiger partial charge in [-0.15, -0.1) is 22.7 Å². The molecule has 5 heteroatoms. The lowest BCUT2D eigenvalue weighted by atomic mass is 10.1. The van der Waals surface area contributed by atoms with Crippen molar-refractivity contribution in [2.24, 2.45) is 5.73 Å². The maximum Gasteiger partial charge on any atom is 0.137 e. The Kier molecular flexibility index (Phi) is 3.50. The van der Waals surface area contributed by atoms with E-state index >= 15 is 0 Å². The highest BCUT2D eigenvalue weighted by Gasteiger charge is 2.14. The molecule has 98 valence electrons. The molecule has 0 bridgehead atoms. The fourth-order valence-electron chi connectivity index (χ4n) is 1.97. The van der Waals surface area contributed by atoms with Crippen molar-refractivity contribution >= 4 is 43.7 Å². The first-order valence-corrected chi connectivity index (χ1v) is 7.82. The summed E-state index contributed by atoms with van der Waals surface area (Å²) in [6, 6.07) is 9.82. The van der Waals surface area contributed by atoms with Crippen LogP contribution >= 0.6 is 34.3 Å². The summed E-state index contributed by atoms with van der Waals surface area (Å²) in [4.78, 5) is 1.16. The van der Waals surface area contributed by atoms with Crippen LogP contribution in [0.25, 0.3) is 9.40 Å². The molecule has 1 unspecified atom stereocenters. The van der Waals surface area contributed by atoms with Crippen LogP contribution in [-0.2, 0) is 0 Å². The van der Waals surface area contributed by atoms with Crippen LogP contribution in [0.5, 0.6) is 5.75 Å². The zero-order valence-corrected chi connectivity index (χ0v) is 12.6. The molecule has 0 aliphatic heterocycles. The molecule has 1 aromatic carbocycles. The second-order valence-electron chi connectivity index (χ2n) is 4.17. The van der Waals surface area contributed by atoms with Crippen LogP contribution < -0.4 is 10.5 Å². The molecular formula is C14H12ClNOS2. The van der Waals surface area contributed by atoms with Gasteiger partial charge < -0.3 is 10.5 Å². The average Bonchev–Trinajstić information content (AvgIpc) is 2.99. The molecule has 19 heavy (non-hydrogen) atoms. The predicted molar refractivity (Wildman–Crippen MR) is 83.7 cm³/mol. The molecule has 1 atom stereocenters. The first-order valence-electron chi connectivity index (χ1n) is 5.75. The van der Waals surface area contributed by atoms with E-state index in [0.29, 0.717) is 10.8 Å². The molecule has 2 heterocycles. The van der Waals surface area contributed by atoms with Crippen molar-refractivity contribution in [2.45, 2.75) is 6.04 Å². The van der Waals surface area contributed by atoms with E-state index in [1.165, 1.54) is 9.40 Å². The Labute approximate surface area is 124 Å². The number of ether oxygens (including phenoxy) is 1. The van der Waals surface area contributed by atoms with Crippen LogP contribution in [0.3, 0.4) is 0 Å². The third-order valence-corrected chi connectivity index (χ3v) is 5.49. The molecule has 0 spiro atoms. The Hall–Kier alpha value is -1.07. The van der Waals surface area contributed by atoms with E-state index in [2.05, 4.69) is 17.5 Å². The monoisotopic (exact) mass is 309 g/mol. The zero-order chi connectivity index (χ0) is 13.4. The van der Waals surface area contributed by atoms with Crippen molar-refractivity contribution in [3.63, 3.8) is 0 Å². The normalized spacial score (nSPS) is 12.8. The minimum atomic E-state index is -0.143. The van der Waals surface area contributed by atoms with Gasteiger partial charge in [-0.3, -0.25) is 0 Å². The van der Waals surface area contributed by atoms with E-state index in [0.717, 1.165) is 10.4 Å². The highest BCUT2D eigenvalue weighted by molar-refractivity contribution is 7.27. The minimum Gasteiger partial charge on any atom is -0.495 e. The lowest BCUT2D eigenvalue weighted by Crippen LogP contribution is -2.10. The van der Waals surface area contributed by atoms with Crippen LogP contribution in [-0.4, -0.2) is 7.11 Å². The van der Waals surface area contributed by atoms with Crippen LogP contribution in [0.15, 0.2) is 35.7 Å². The number of thiophene rings is 2. The van der Waals surface area contributed by atoms with E-state index in [1.54, 1.807) is 29.8 Å². The second-order valence-corrected chi connectivity index (χ2v) is 6.64. The largest absolute Gasteiger partial charge is 0.495 e. The van der Waals surface area contributed by atoms with Gasteiger partial charge in [-0.2, -0.15) is 0 Å². The molecule has 2 aromatic heterocycles. The van der Waals surface area contributed by atoms with Crippen LogP contribution in [0.1, 0.15) is 16.5 Å². The van der Waals surface area contributed by atoms with Gasteiger partial charge in [0.2, 0.25) is 0 Å². The molecule has 0 aliphatic rings. The quantitative estimate of drug-likeness (QED) is 0.763. The van der Waals surface area contributed by atoms with E-state index in [1.807, 2.05) is 18.2 Å². The molecular weight excluding hydrogens is 298 g/mol. The van der Waals surface area contributed by atoms with E-state index in [9.17, 15) is 0 Å². The topological polar surface area (TPSA) is 35.2 Å². The fraction of sp³-hybridized carbons (Fsp3) is 0.143. The lowest BCUT2D eigenvalue weighted by molar-refractivity contribution is 0.414. The Bertz CT molecular complexity index is 691. The summed E-state index contributed by atoms with van der Waals surface area (Å²) in [5, 5.41) is 2.70. The van der Waals surface area contributed by atoms with Gasteiger partial charge in [0.15, 0.2) is 0 Å². The standard InChI is InChI=1S/C14H12ClNOS2/c1-17-10-6-8(2-3-9(10)15)14(16)13-7-12-11(19-13)4-5-18-12/h2-7,14H,16H2,1H3.